The average molecular weight is 479 g/mol. The molecule has 1 unspecified atom stereocenters. The number of hydrogen-bond donors (Lipinski definition) is 2. The largest absolute Gasteiger partial charge is 0.508 e. The van der Waals surface area contributed by atoms with Gasteiger partial charge in [0.05, 0.1) is 23.9 Å². The highest BCUT2D eigenvalue weighted by atomic mass is 19.1. The lowest BCUT2D eigenvalue weighted by atomic mass is 9.94. The van der Waals surface area contributed by atoms with Crippen LogP contribution in [0, 0.1) is 18.6 Å². The van der Waals surface area contributed by atoms with Crippen molar-refractivity contribution < 1.29 is 33.3 Å². The summed E-state index contributed by atoms with van der Waals surface area (Å²) in [5.41, 5.74) is 0.602. The molecule has 4 rings (SSSR count). The minimum Gasteiger partial charge on any atom is -0.508 e. The number of ketones is 1. The number of rotatable bonds is 6. The molecular formula is C27H23F2NO5. The van der Waals surface area contributed by atoms with Gasteiger partial charge in [0, 0.05) is 11.6 Å². The van der Waals surface area contributed by atoms with Crippen molar-refractivity contribution >= 4 is 23.1 Å². The first-order chi connectivity index (χ1) is 16.7. The number of hydrogen-bond acceptors (Lipinski definition) is 5. The third-order valence-corrected chi connectivity index (χ3v) is 5.71. The van der Waals surface area contributed by atoms with Gasteiger partial charge >= 0.3 is 0 Å². The van der Waals surface area contributed by atoms with E-state index in [-0.39, 0.29) is 28.1 Å². The van der Waals surface area contributed by atoms with Gasteiger partial charge in [-0.25, -0.2) is 8.78 Å². The van der Waals surface area contributed by atoms with Crippen LogP contribution in [0.15, 0.2) is 66.2 Å². The normalized spacial score (nSPS) is 17.1. The molecule has 0 saturated carbocycles. The van der Waals surface area contributed by atoms with Gasteiger partial charge in [0.15, 0.2) is 0 Å². The Hall–Kier alpha value is -4.20. The lowest BCUT2D eigenvalue weighted by Crippen LogP contribution is -2.30. The SMILES string of the molecule is CCCOc1ccc(/C(O)=C2\C(=O)C(=O)N(c3ccc(F)cc3F)C2c2cccc(O)c2)cc1C. The van der Waals surface area contributed by atoms with E-state index in [0.29, 0.717) is 24.0 Å². The second-order valence-corrected chi connectivity index (χ2v) is 8.19. The summed E-state index contributed by atoms with van der Waals surface area (Å²) in [6.07, 6.45) is 0.814. The maximum Gasteiger partial charge on any atom is 0.300 e. The van der Waals surface area contributed by atoms with E-state index in [1.807, 2.05) is 6.92 Å². The first-order valence-electron chi connectivity index (χ1n) is 11.0. The number of ether oxygens (including phenoxy) is 1. The van der Waals surface area contributed by atoms with Gasteiger partial charge in [0.2, 0.25) is 0 Å². The number of phenols is 1. The minimum absolute atomic E-state index is 0.152. The van der Waals surface area contributed by atoms with Gasteiger partial charge in [0.25, 0.3) is 11.7 Å². The Balaban J connectivity index is 1.91. The average Bonchev–Trinajstić information content (AvgIpc) is 3.08. The molecular weight excluding hydrogens is 456 g/mol. The molecule has 6 nitrogen and oxygen atoms in total. The zero-order chi connectivity index (χ0) is 25.3. The molecule has 0 aliphatic carbocycles. The molecule has 1 fully saturated rings. The summed E-state index contributed by atoms with van der Waals surface area (Å²) in [6.45, 7) is 4.26. The topological polar surface area (TPSA) is 87.1 Å². The van der Waals surface area contributed by atoms with E-state index in [4.69, 9.17) is 4.74 Å². The van der Waals surface area contributed by atoms with Crippen LogP contribution in [0.25, 0.3) is 5.76 Å². The number of aromatic hydroxyl groups is 1. The van der Waals surface area contributed by atoms with E-state index in [0.717, 1.165) is 23.5 Å². The second-order valence-electron chi connectivity index (χ2n) is 8.19. The highest BCUT2D eigenvalue weighted by molar-refractivity contribution is 6.51. The van der Waals surface area contributed by atoms with Crippen LogP contribution in [0.1, 0.15) is 36.1 Å². The molecule has 1 heterocycles. The molecule has 0 spiro atoms. The summed E-state index contributed by atoms with van der Waals surface area (Å²) in [5, 5.41) is 21.2. The maximum atomic E-state index is 14.7. The van der Waals surface area contributed by atoms with Crippen LogP contribution < -0.4 is 9.64 Å². The molecule has 1 saturated heterocycles. The number of benzene rings is 3. The molecule has 0 bridgehead atoms. The van der Waals surface area contributed by atoms with Gasteiger partial charge in [-0.3, -0.25) is 14.5 Å². The quantitative estimate of drug-likeness (QED) is 0.281. The number of phenolic OH excluding ortho intramolecular Hbond substituents is 1. The lowest BCUT2D eigenvalue weighted by Gasteiger charge is -2.26. The van der Waals surface area contributed by atoms with Gasteiger partial charge in [-0.2, -0.15) is 0 Å². The zero-order valence-electron chi connectivity index (χ0n) is 19.1. The number of aryl methyl sites for hydroxylation is 1. The van der Waals surface area contributed by atoms with Crippen molar-refractivity contribution in [1.29, 1.82) is 0 Å². The molecule has 2 N–H and O–H groups in total. The van der Waals surface area contributed by atoms with E-state index in [1.165, 1.54) is 24.3 Å². The van der Waals surface area contributed by atoms with Gasteiger partial charge < -0.3 is 14.9 Å². The summed E-state index contributed by atoms with van der Waals surface area (Å²) in [7, 11) is 0. The van der Waals surface area contributed by atoms with Crippen LogP contribution >= 0.6 is 0 Å². The summed E-state index contributed by atoms with van der Waals surface area (Å²) in [5.74, 6) is -4.04. The van der Waals surface area contributed by atoms with Gasteiger partial charge in [0.1, 0.15) is 28.9 Å². The molecule has 35 heavy (non-hydrogen) atoms. The number of nitrogens with zero attached hydrogens (tertiary/aromatic N) is 1. The Morgan fingerprint density at radius 3 is 2.49 bits per heavy atom. The van der Waals surface area contributed by atoms with Crippen LogP contribution in [0.5, 0.6) is 11.5 Å². The molecule has 1 aliphatic rings. The molecule has 0 aromatic heterocycles. The molecule has 1 aliphatic heterocycles. The number of aliphatic hydroxyl groups excluding tert-OH is 1. The Kier molecular flexibility index (Phi) is 6.55. The van der Waals surface area contributed by atoms with Crippen LogP contribution in [0.2, 0.25) is 0 Å². The van der Waals surface area contributed by atoms with E-state index in [1.54, 1.807) is 25.1 Å². The fraction of sp³-hybridized carbons (Fsp3) is 0.185. The zero-order valence-corrected chi connectivity index (χ0v) is 19.1. The lowest BCUT2D eigenvalue weighted by molar-refractivity contribution is -0.132. The smallest absolute Gasteiger partial charge is 0.300 e. The fourth-order valence-corrected chi connectivity index (χ4v) is 4.09. The van der Waals surface area contributed by atoms with Crippen molar-refractivity contribution in [3.8, 4) is 11.5 Å². The number of carbonyl (C=O) groups is 2. The van der Waals surface area contributed by atoms with Crippen molar-refractivity contribution in [2.45, 2.75) is 26.3 Å². The Morgan fingerprint density at radius 1 is 1.06 bits per heavy atom. The predicted octanol–water partition coefficient (Wildman–Crippen LogP) is 5.39. The molecule has 3 aromatic carbocycles. The highest BCUT2D eigenvalue weighted by Crippen LogP contribution is 2.43. The maximum absolute atomic E-state index is 14.7. The van der Waals surface area contributed by atoms with Gasteiger partial charge in [-0.15, -0.1) is 0 Å². The first-order valence-corrected chi connectivity index (χ1v) is 11.0. The molecule has 0 radical (unpaired) electrons. The summed E-state index contributed by atoms with van der Waals surface area (Å²) >= 11 is 0. The molecule has 1 amide bonds. The number of halogens is 2. The standard InChI is InChI=1S/C27H23F2NO5/c1-3-11-35-22-10-7-17(12-15(22)2)25(32)23-24(16-5-4-6-19(31)13-16)30(27(34)26(23)33)21-9-8-18(28)14-20(21)29/h4-10,12-14,24,31-32H,3,11H2,1-2H3/b25-23+. The van der Waals surface area contributed by atoms with E-state index < -0.39 is 35.1 Å². The van der Waals surface area contributed by atoms with Gasteiger partial charge in [-0.05, 0) is 66.9 Å². The van der Waals surface area contributed by atoms with Crippen molar-refractivity contribution in [3.05, 3.63) is 94.6 Å². The van der Waals surface area contributed by atoms with Crippen molar-refractivity contribution in [2.24, 2.45) is 0 Å². The summed E-state index contributed by atoms with van der Waals surface area (Å²) in [4.78, 5) is 27.1. The second kappa shape index (κ2) is 9.58. The van der Waals surface area contributed by atoms with Crippen molar-refractivity contribution in [1.82, 2.24) is 0 Å². The molecule has 3 aromatic rings. The predicted molar refractivity (Wildman–Crippen MR) is 126 cm³/mol. The van der Waals surface area contributed by atoms with Crippen LogP contribution in [0.3, 0.4) is 0 Å². The summed E-state index contributed by atoms with van der Waals surface area (Å²) in [6, 6.07) is 11.9. The van der Waals surface area contributed by atoms with Crippen LogP contribution in [0.4, 0.5) is 14.5 Å². The Labute approximate surface area is 200 Å². The number of Topliss-reactive ketones (excluding diaryl/α,β-unsaturated/α-hetero) is 1. The summed E-state index contributed by atoms with van der Waals surface area (Å²) < 4.78 is 33.9. The third-order valence-electron chi connectivity index (χ3n) is 5.71. The molecule has 8 heteroatoms. The van der Waals surface area contributed by atoms with Crippen LogP contribution in [-0.2, 0) is 9.59 Å². The van der Waals surface area contributed by atoms with E-state index >= 15 is 0 Å². The number of carbonyl (C=O) groups excluding carboxylic acids is 2. The first kappa shape index (κ1) is 23.9. The number of amides is 1. The van der Waals surface area contributed by atoms with Crippen molar-refractivity contribution in [2.75, 3.05) is 11.5 Å². The monoisotopic (exact) mass is 479 g/mol. The van der Waals surface area contributed by atoms with E-state index in [9.17, 15) is 28.6 Å². The Morgan fingerprint density at radius 2 is 1.83 bits per heavy atom. The van der Waals surface area contributed by atoms with E-state index in [2.05, 4.69) is 0 Å². The van der Waals surface area contributed by atoms with Crippen molar-refractivity contribution in [3.63, 3.8) is 0 Å². The molecule has 180 valence electrons. The Bertz CT molecular complexity index is 1350. The molecule has 1 atom stereocenters. The highest BCUT2D eigenvalue weighted by Gasteiger charge is 2.47. The number of aliphatic hydroxyl groups is 1. The van der Waals surface area contributed by atoms with Crippen LogP contribution in [-0.4, -0.2) is 28.5 Å². The van der Waals surface area contributed by atoms with Gasteiger partial charge in [-0.1, -0.05) is 19.1 Å². The fourth-order valence-electron chi connectivity index (χ4n) is 4.09. The minimum atomic E-state index is -1.27. The number of anilines is 1. The third kappa shape index (κ3) is 4.47.